The Bertz CT molecular complexity index is 710. The fourth-order valence-corrected chi connectivity index (χ4v) is 2.29. The van der Waals surface area contributed by atoms with Crippen LogP contribution in [0.2, 0.25) is 0 Å². The van der Waals surface area contributed by atoms with Crippen molar-refractivity contribution < 1.29 is 5.11 Å². The SMILES string of the molecule is NC(c1ccccc1)c1ccc(O)c2ncccc12. The number of aromatic nitrogens is 1. The number of benzene rings is 2. The molecule has 0 aliphatic carbocycles. The fourth-order valence-electron chi connectivity index (χ4n) is 2.29. The smallest absolute Gasteiger partial charge is 0.141 e. The zero-order chi connectivity index (χ0) is 13.2. The first-order valence-corrected chi connectivity index (χ1v) is 6.14. The lowest BCUT2D eigenvalue weighted by molar-refractivity contribution is 0.480. The van der Waals surface area contributed by atoms with Crippen LogP contribution in [0.25, 0.3) is 10.9 Å². The third-order valence-corrected chi connectivity index (χ3v) is 3.28. The summed E-state index contributed by atoms with van der Waals surface area (Å²) >= 11 is 0. The Morgan fingerprint density at radius 1 is 0.947 bits per heavy atom. The summed E-state index contributed by atoms with van der Waals surface area (Å²) < 4.78 is 0. The van der Waals surface area contributed by atoms with Crippen molar-refractivity contribution in [3.8, 4) is 5.75 Å². The molecule has 0 fully saturated rings. The first-order chi connectivity index (χ1) is 9.27. The van der Waals surface area contributed by atoms with Gasteiger partial charge in [-0.1, -0.05) is 42.5 Å². The molecule has 0 saturated heterocycles. The van der Waals surface area contributed by atoms with Crippen LogP contribution in [0.5, 0.6) is 5.75 Å². The van der Waals surface area contributed by atoms with Crippen molar-refractivity contribution in [1.29, 1.82) is 0 Å². The van der Waals surface area contributed by atoms with Crippen LogP contribution in [0.1, 0.15) is 17.2 Å². The molecule has 0 radical (unpaired) electrons. The second-order valence-electron chi connectivity index (χ2n) is 4.46. The highest BCUT2D eigenvalue weighted by atomic mass is 16.3. The van der Waals surface area contributed by atoms with Crippen LogP contribution in [0.15, 0.2) is 60.8 Å². The van der Waals surface area contributed by atoms with Crippen molar-refractivity contribution >= 4 is 10.9 Å². The lowest BCUT2D eigenvalue weighted by Gasteiger charge is -2.15. The van der Waals surface area contributed by atoms with E-state index in [9.17, 15) is 5.11 Å². The van der Waals surface area contributed by atoms with Crippen LogP contribution in [-0.2, 0) is 0 Å². The Hall–Kier alpha value is -2.39. The minimum absolute atomic E-state index is 0.180. The summed E-state index contributed by atoms with van der Waals surface area (Å²) in [5, 5.41) is 10.7. The number of phenols is 1. The van der Waals surface area contributed by atoms with Crippen molar-refractivity contribution in [3.05, 3.63) is 71.9 Å². The summed E-state index contributed by atoms with van der Waals surface area (Å²) in [4.78, 5) is 4.21. The zero-order valence-corrected chi connectivity index (χ0v) is 10.3. The Morgan fingerprint density at radius 2 is 1.74 bits per heavy atom. The minimum Gasteiger partial charge on any atom is -0.506 e. The summed E-state index contributed by atoms with van der Waals surface area (Å²) in [5.74, 6) is 0.180. The molecule has 0 aliphatic heterocycles. The normalized spacial score (nSPS) is 12.5. The third kappa shape index (κ3) is 2.04. The zero-order valence-electron chi connectivity index (χ0n) is 10.3. The van der Waals surface area contributed by atoms with E-state index in [0.29, 0.717) is 5.52 Å². The number of rotatable bonds is 2. The molecule has 0 spiro atoms. The predicted octanol–water partition coefficient (Wildman–Crippen LogP) is 2.99. The molecule has 1 unspecified atom stereocenters. The van der Waals surface area contributed by atoms with Crippen LogP contribution in [-0.4, -0.2) is 10.1 Å². The molecular weight excluding hydrogens is 236 g/mol. The molecule has 0 aliphatic rings. The molecule has 19 heavy (non-hydrogen) atoms. The summed E-state index contributed by atoms with van der Waals surface area (Å²) in [5.41, 5.74) is 8.92. The number of nitrogens with zero attached hydrogens (tertiary/aromatic N) is 1. The second kappa shape index (κ2) is 4.71. The number of nitrogens with two attached hydrogens (primary N) is 1. The quantitative estimate of drug-likeness (QED) is 0.735. The van der Waals surface area contributed by atoms with Gasteiger partial charge < -0.3 is 10.8 Å². The van der Waals surface area contributed by atoms with Gasteiger partial charge in [-0.3, -0.25) is 4.98 Å². The Morgan fingerprint density at radius 3 is 2.53 bits per heavy atom. The van der Waals surface area contributed by atoms with Gasteiger partial charge in [0.05, 0.1) is 6.04 Å². The van der Waals surface area contributed by atoms with Crippen LogP contribution in [0.3, 0.4) is 0 Å². The van der Waals surface area contributed by atoms with Gasteiger partial charge in [0.15, 0.2) is 0 Å². The average molecular weight is 250 g/mol. The van der Waals surface area contributed by atoms with Crippen molar-refractivity contribution in [3.63, 3.8) is 0 Å². The maximum absolute atomic E-state index is 9.84. The topological polar surface area (TPSA) is 59.1 Å². The summed E-state index contributed by atoms with van der Waals surface area (Å²) in [7, 11) is 0. The van der Waals surface area contributed by atoms with E-state index in [1.165, 1.54) is 0 Å². The molecule has 3 nitrogen and oxygen atoms in total. The minimum atomic E-state index is -0.228. The molecule has 1 heterocycles. The molecule has 3 N–H and O–H groups in total. The molecule has 3 rings (SSSR count). The van der Waals surface area contributed by atoms with Crippen LogP contribution in [0, 0.1) is 0 Å². The van der Waals surface area contributed by atoms with E-state index >= 15 is 0 Å². The largest absolute Gasteiger partial charge is 0.506 e. The number of pyridine rings is 1. The van der Waals surface area contributed by atoms with Crippen molar-refractivity contribution in [2.45, 2.75) is 6.04 Å². The predicted molar refractivity (Wildman–Crippen MR) is 75.9 cm³/mol. The van der Waals surface area contributed by atoms with E-state index in [2.05, 4.69) is 4.98 Å². The van der Waals surface area contributed by atoms with E-state index in [1.54, 1.807) is 12.3 Å². The van der Waals surface area contributed by atoms with Gasteiger partial charge in [0, 0.05) is 11.6 Å². The van der Waals surface area contributed by atoms with Gasteiger partial charge in [0.25, 0.3) is 0 Å². The van der Waals surface area contributed by atoms with E-state index in [1.807, 2.05) is 48.5 Å². The maximum Gasteiger partial charge on any atom is 0.141 e. The fraction of sp³-hybridized carbons (Fsp3) is 0.0625. The van der Waals surface area contributed by atoms with Crippen molar-refractivity contribution in [1.82, 2.24) is 4.98 Å². The van der Waals surface area contributed by atoms with Gasteiger partial charge in [-0.15, -0.1) is 0 Å². The van der Waals surface area contributed by atoms with E-state index < -0.39 is 0 Å². The highest BCUT2D eigenvalue weighted by Gasteiger charge is 2.13. The molecule has 0 amide bonds. The van der Waals surface area contributed by atoms with Crippen molar-refractivity contribution in [2.24, 2.45) is 5.73 Å². The monoisotopic (exact) mass is 250 g/mol. The highest BCUT2D eigenvalue weighted by Crippen LogP contribution is 2.30. The lowest BCUT2D eigenvalue weighted by atomic mass is 9.96. The molecular formula is C16H14N2O. The van der Waals surface area contributed by atoms with Gasteiger partial charge in [-0.05, 0) is 23.3 Å². The highest BCUT2D eigenvalue weighted by molar-refractivity contribution is 5.87. The lowest BCUT2D eigenvalue weighted by Crippen LogP contribution is -2.12. The Balaban J connectivity index is 2.18. The molecule has 1 atom stereocenters. The molecule has 0 saturated carbocycles. The average Bonchev–Trinajstić information content (AvgIpc) is 2.48. The molecule has 94 valence electrons. The number of hydrogen-bond donors (Lipinski definition) is 2. The summed E-state index contributed by atoms with van der Waals surface area (Å²) in [6.45, 7) is 0. The summed E-state index contributed by atoms with van der Waals surface area (Å²) in [6.07, 6.45) is 1.67. The van der Waals surface area contributed by atoms with E-state index in [0.717, 1.165) is 16.5 Å². The van der Waals surface area contributed by atoms with E-state index in [4.69, 9.17) is 5.73 Å². The number of phenolic OH excluding ortho intramolecular Hbond substituents is 1. The standard InChI is InChI=1S/C16H14N2O/c17-15(11-5-2-1-3-6-11)12-8-9-14(19)16-13(12)7-4-10-18-16/h1-10,15,19H,17H2. The van der Waals surface area contributed by atoms with Gasteiger partial charge in [-0.2, -0.15) is 0 Å². The maximum atomic E-state index is 9.84. The van der Waals surface area contributed by atoms with E-state index in [-0.39, 0.29) is 11.8 Å². The van der Waals surface area contributed by atoms with Gasteiger partial charge in [-0.25, -0.2) is 0 Å². The first kappa shape index (κ1) is 11.7. The first-order valence-electron chi connectivity index (χ1n) is 6.14. The van der Waals surface area contributed by atoms with Crippen LogP contribution >= 0.6 is 0 Å². The Kier molecular flexibility index (Phi) is 2.89. The Labute approximate surface area is 111 Å². The molecule has 3 heteroatoms. The third-order valence-electron chi connectivity index (χ3n) is 3.28. The van der Waals surface area contributed by atoms with Gasteiger partial charge in [0.1, 0.15) is 11.3 Å². The molecule has 3 aromatic rings. The van der Waals surface area contributed by atoms with Crippen LogP contribution in [0.4, 0.5) is 0 Å². The molecule has 2 aromatic carbocycles. The number of hydrogen-bond acceptors (Lipinski definition) is 3. The summed E-state index contributed by atoms with van der Waals surface area (Å²) in [6, 6.07) is 17.0. The second-order valence-corrected chi connectivity index (χ2v) is 4.46. The molecule has 1 aromatic heterocycles. The number of fused-ring (bicyclic) bond motifs is 1. The van der Waals surface area contributed by atoms with Gasteiger partial charge in [0.2, 0.25) is 0 Å². The number of aromatic hydroxyl groups is 1. The van der Waals surface area contributed by atoms with Crippen LogP contribution < -0.4 is 5.73 Å². The van der Waals surface area contributed by atoms with Gasteiger partial charge >= 0.3 is 0 Å². The molecule has 0 bridgehead atoms. The van der Waals surface area contributed by atoms with Crippen molar-refractivity contribution in [2.75, 3.05) is 0 Å².